The number of benzene rings is 2. The highest BCUT2D eigenvalue weighted by Gasteiger charge is 2.09. The lowest BCUT2D eigenvalue weighted by molar-refractivity contribution is 0.242. The van der Waals surface area contributed by atoms with Crippen molar-refractivity contribution in [2.75, 3.05) is 0 Å². The van der Waals surface area contributed by atoms with E-state index in [-0.39, 0.29) is 6.10 Å². The minimum absolute atomic E-state index is 0.215. The van der Waals surface area contributed by atoms with Crippen molar-refractivity contribution in [3.8, 4) is 5.75 Å². The topological polar surface area (TPSA) is 21.3 Å². The SMILES string of the molecule is CCC(NCc1ccc(C)cc1)c1ccc(OC(C)C)cc1. The first-order valence-corrected chi connectivity index (χ1v) is 8.14. The molecule has 2 nitrogen and oxygen atoms in total. The van der Waals surface area contributed by atoms with Crippen molar-refractivity contribution in [2.24, 2.45) is 0 Å². The van der Waals surface area contributed by atoms with Gasteiger partial charge in [0.05, 0.1) is 6.10 Å². The van der Waals surface area contributed by atoms with Crippen LogP contribution in [0.25, 0.3) is 0 Å². The molecule has 2 heteroatoms. The summed E-state index contributed by atoms with van der Waals surface area (Å²) >= 11 is 0. The Hall–Kier alpha value is -1.80. The fraction of sp³-hybridized carbons (Fsp3) is 0.400. The Morgan fingerprint density at radius 1 is 0.955 bits per heavy atom. The summed E-state index contributed by atoms with van der Waals surface area (Å²) in [7, 11) is 0. The van der Waals surface area contributed by atoms with Crippen LogP contribution in [0.3, 0.4) is 0 Å². The quantitative estimate of drug-likeness (QED) is 0.774. The Bertz CT molecular complexity index is 557. The van der Waals surface area contributed by atoms with Crippen LogP contribution in [0.2, 0.25) is 0 Å². The first-order valence-electron chi connectivity index (χ1n) is 8.14. The smallest absolute Gasteiger partial charge is 0.119 e. The molecule has 0 bridgehead atoms. The van der Waals surface area contributed by atoms with Gasteiger partial charge in [0.15, 0.2) is 0 Å². The fourth-order valence-corrected chi connectivity index (χ4v) is 2.50. The minimum Gasteiger partial charge on any atom is -0.491 e. The lowest BCUT2D eigenvalue weighted by Crippen LogP contribution is -2.20. The molecule has 0 saturated heterocycles. The van der Waals surface area contributed by atoms with E-state index in [2.05, 4.69) is 67.7 Å². The van der Waals surface area contributed by atoms with Gasteiger partial charge in [-0.2, -0.15) is 0 Å². The Morgan fingerprint density at radius 2 is 1.59 bits per heavy atom. The van der Waals surface area contributed by atoms with E-state index in [1.54, 1.807) is 0 Å². The number of hydrogen-bond donors (Lipinski definition) is 1. The second-order valence-electron chi connectivity index (χ2n) is 6.06. The Balaban J connectivity index is 1.97. The molecule has 2 aromatic carbocycles. The highest BCUT2D eigenvalue weighted by molar-refractivity contribution is 5.29. The number of aryl methyl sites for hydroxylation is 1. The summed E-state index contributed by atoms with van der Waals surface area (Å²) in [6, 6.07) is 17.5. The van der Waals surface area contributed by atoms with Crippen molar-refractivity contribution < 1.29 is 4.74 Å². The molecule has 0 aliphatic heterocycles. The average Bonchev–Trinajstić information content (AvgIpc) is 2.50. The minimum atomic E-state index is 0.215. The maximum absolute atomic E-state index is 5.70. The zero-order valence-corrected chi connectivity index (χ0v) is 14.1. The molecule has 0 fully saturated rings. The Labute approximate surface area is 134 Å². The van der Waals surface area contributed by atoms with Gasteiger partial charge in [0, 0.05) is 12.6 Å². The van der Waals surface area contributed by atoms with E-state index in [9.17, 15) is 0 Å². The van der Waals surface area contributed by atoms with E-state index < -0.39 is 0 Å². The van der Waals surface area contributed by atoms with E-state index in [0.29, 0.717) is 6.04 Å². The van der Waals surface area contributed by atoms with Gasteiger partial charge >= 0.3 is 0 Å². The molecule has 1 unspecified atom stereocenters. The van der Waals surface area contributed by atoms with Gasteiger partial charge in [-0.1, -0.05) is 48.9 Å². The van der Waals surface area contributed by atoms with Gasteiger partial charge in [-0.25, -0.2) is 0 Å². The molecule has 2 rings (SSSR count). The number of hydrogen-bond acceptors (Lipinski definition) is 2. The summed E-state index contributed by atoms with van der Waals surface area (Å²) in [5, 5.41) is 3.64. The maximum Gasteiger partial charge on any atom is 0.119 e. The van der Waals surface area contributed by atoms with Crippen molar-refractivity contribution >= 4 is 0 Å². The molecule has 0 spiro atoms. The van der Waals surface area contributed by atoms with Crippen LogP contribution in [0.4, 0.5) is 0 Å². The third-order valence-corrected chi connectivity index (χ3v) is 3.74. The zero-order chi connectivity index (χ0) is 15.9. The summed E-state index contributed by atoms with van der Waals surface area (Å²) in [4.78, 5) is 0. The van der Waals surface area contributed by atoms with E-state index in [4.69, 9.17) is 4.74 Å². The van der Waals surface area contributed by atoms with Crippen molar-refractivity contribution in [3.05, 3.63) is 65.2 Å². The summed E-state index contributed by atoms with van der Waals surface area (Å²) in [6.07, 6.45) is 1.28. The molecule has 0 amide bonds. The van der Waals surface area contributed by atoms with Crippen molar-refractivity contribution in [3.63, 3.8) is 0 Å². The zero-order valence-electron chi connectivity index (χ0n) is 14.1. The average molecular weight is 297 g/mol. The molecule has 0 saturated carbocycles. The maximum atomic E-state index is 5.70. The van der Waals surface area contributed by atoms with Crippen LogP contribution in [0.5, 0.6) is 5.75 Å². The number of rotatable bonds is 7. The van der Waals surface area contributed by atoms with Crippen molar-refractivity contribution in [1.82, 2.24) is 5.32 Å². The molecule has 1 atom stereocenters. The number of ether oxygens (including phenoxy) is 1. The van der Waals surface area contributed by atoms with Crippen LogP contribution >= 0.6 is 0 Å². The summed E-state index contributed by atoms with van der Waals surface area (Å²) in [6.45, 7) is 9.32. The van der Waals surface area contributed by atoms with Crippen molar-refractivity contribution in [1.29, 1.82) is 0 Å². The molecule has 0 aliphatic rings. The Morgan fingerprint density at radius 3 is 2.14 bits per heavy atom. The molecule has 0 heterocycles. The summed E-state index contributed by atoms with van der Waals surface area (Å²) in [5.41, 5.74) is 3.94. The monoisotopic (exact) mass is 297 g/mol. The predicted molar refractivity (Wildman–Crippen MR) is 93.3 cm³/mol. The molecule has 0 aliphatic carbocycles. The van der Waals surface area contributed by atoms with E-state index >= 15 is 0 Å². The molecule has 1 N–H and O–H groups in total. The summed E-state index contributed by atoms with van der Waals surface area (Å²) < 4.78 is 5.70. The van der Waals surface area contributed by atoms with Crippen LogP contribution in [0.15, 0.2) is 48.5 Å². The lowest BCUT2D eigenvalue weighted by atomic mass is 10.0. The second kappa shape index (κ2) is 8.00. The van der Waals surface area contributed by atoms with Crippen LogP contribution < -0.4 is 10.1 Å². The molecule has 0 aromatic heterocycles. The van der Waals surface area contributed by atoms with Gasteiger partial charge in [-0.05, 0) is 50.5 Å². The highest BCUT2D eigenvalue weighted by atomic mass is 16.5. The third kappa shape index (κ3) is 4.88. The van der Waals surface area contributed by atoms with Gasteiger partial charge in [0.2, 0.25) is 0 Å². The van der Waals surface area contributed by atoms with E-state index in [1.165, 1.54) is 16.7 Å². The summed E-state index contributed by atoms with van der Waals surface area (Å²) in [5.74, 6) is 0.937. The molecule has 0 radical (unpaired) electrons. The largest absolute Gasteiger partial charge is 0.491 e. The van der Waals surface area contributed by atoms with Gasteiger partial charge in [-0.3, -0.25) is 0 Å². The first kappa shape index (κ1) is 16.6. The second-order valence-corrected chi connectivity index (χ2v) is 6.06. The highest BCUT2D eigenvalue weighted by Crippen LogP contribution is 2.21. The lowest BCUT2D eigenvalue weighted by Gasteiger charge is -2.18. The molecular weight excluding hydrogens is 270 g/mol. The van der Waals surface area contributed by atoms with Gasteiger partial charge in [-0.15, -0.1) is 0 Å². The fourth-order valence-electron chi connectivity index (χ4n) is 2.50. The normalized spacial score (nSPS) is 12.4. The predicted octanol–water partition coefficient (Wildman–Crippen LogP) is 5.02. The third-order valence-electron chi connectivity index (χ3n) is 3.74. The first-order chi connectivity index (χ1) is 10.6. The van der Waals surface area contributed by atoms with Crippen LogP contribution in [-0.4, -0.2) is 6.10 Å². The van der Waals surface area contributed by atoms with Crippen molar-refractivity contribution in [2.45, 2.75) is 52.8 Å². The van der Waals surface area contributed by atoms with Gasteiger partial charge in [0.1, 0.15) is 5.75 Å². The van der Waals surface area contributed by atoms with Gasteiger partial charge < -0.3 is 10.1 Å². The van der Waals surface area contributed by atoms with Crippen LogP contribution in [-0.2, 0) is 6.54 Å². The van der Waals surface area contributed by atoms with E-state index in [1.807, 2.05) is 13.8 Å². The van der Waals surface area contributed by atoms with Crippen LogP contribution in [0, 0.1) is 6.92 Å². The molecular formula is C20H27NO. The molecule has 22 heavy (non-hydrogen) atoms. The van der Waals surface area contributed by atoms with Crippen LogP contribution in [0.1, 0.15) is 49.9 Å². The van der Waals surface area contributed by atoms with Gasteiger partial charge in [0.25, 0.3) is 0 Å². The van der Waals surface area contributed by atoms with E-state index in [0.717, 1.165) is 18.7 Å². The molecule has 2 aromatic rings. The standard InChI is InChI=1S/C20H27NO/c1-5-20(21-14-17-8-6-16(4)7-9-17)18-10-12-19(13-11-18)22-15(2)3/h6-13,15,20-21H,5,14H2,1-4H3. The molecule has 118 valence electrons. The Kier molecular flexibility index (Phi) is 6.02. The number of nitrogens with one attached hydrogen (secondary N) is 1.